The normalized spacial score (nSPS) is 32.0. The van der Waals surface area contributed by atoms with Gasteiger partial charge in [-0.3, -0.25) is 0 Å². The number of anilines is 3. The van der Waals surface area contributed by atoms with E-state index in [-0.39, 0.29) is 5.95 Å². The zero-order valence-corrected chi connectivity index (χ0v) is 11.5. The summed E-state index contributed by atoms with van der Waals surface area (Å²) in [6, 6.07) is 0.307. The first-order chi connectivity index (χ1) is 9.78. The lowest BCUT2D eigenvalue weighted by molar-refractivity contribution is 0.102. The van der Waals surface area contributed by atoms with Crippen molar-refractivity contribution in [2.24, 2.45) is 0 Å². The lowest BCUT2D eigenvalue weighted by atomic mass is 9.96. The second kappa shape index (κ2) is 4.73. The number of fused-ring (bicyclic) bond motifs is 2. The summed E-state index contributed by atoms with van der Waals surface area (Å²) in [4.78, 5) is 15.1. The van der Waals surface area contributed by atoms with Crippen LogP contribution in [0.2, 0.25) is 0 Å². The summed E-state index contributed by atoms with van der Waals surface area (Å²) < 4.78 is 5.84. The zero-order chi connectivity index (χ0) is 13.5. The highest BCUT2D eigenvalue weighted by atomic mass is 16.5. The number of nitrogens with two attached hydrogens (primary N) is 1. The van der Waals surface area contributed by atoms with Gasteiger partial charge in [0.05, 0.1) is 18.2 Å². The van der Waals surface area contributed by atoms with E-state index < -0.39 is 0 Å². The number of aromatic nitrogens is 3. The Hall–Kier alpha value is -1.63. The standard InChI is InChI=1S/C13H20N6O/c14-11-16-12(15-9-7-8-3-4-10(9)20-8)18-13(17-11)19-5-1-2-6-19/h8-10H,1-7H2,(H3,14,15,16,17,18). The van der Waals surface area contributed by atoms with Crippen molar-refractivity contribution in [3.05, 3.63) is 0 Å². The van der Waals surface area contributed by atoms with Crippen LogP contribution in [0.4, 0.5) is 17.8 Å². The minimum absolute atomic E-state index is 0.286. The molecule has 3 unspecified atom stereocenters. The number of ether oxygens (including phenoxy) is 1. The summed E-state index contributed by atoms with van der Waals surface area (Å²) in [5, 5.41) is 3.38. The maximum absolute atomic E-state index is 5.84. The lowest BCUT2D eigenvalue weighted by Crippen LogP contribution is -2.32. The molecule has 0 aliphatic carbocycles. The van der Waals surface area contributed by atoms with Crippen LogP contribution in [0.5, 0.6) is 0 Å². The Morgan fingerprint density at radius 3 is 2.70 bits per heavy atom. The molecule has 0 amide bonds. The van der Waals surface area contributed by atoms with Gasteiger partial charge < -0.3 is 20.7 Å². The van der Waals surface area contributed by atoms with Gasteiger partial charge in [0.25, 0.3) is 0 Å². The second-order valence-electron chi connectivity index (χ2n) is 5.87. The Balaban J connectivity index is 1.52. The van der Waals surface area contributed by atoms with Gasteiger partial charge in [0, 0.05) is 13.1 Å². The molecule has 3 aliphatic heterocycles. The molecule has 0 aromatic carbocycles. The first kappa shape index (κ1) is 12.1. The van der Waals surface area contributed by atoms with Crippen molar-refractivity contribution < 1.29 is 4.74 Å². The van der Waals surface area contributed by atoms with Crippen LogP contribution in [0.3, 0.4) is 0 Å². The molecular weight excluding hydrogens is 256 g/mol. The van der Waals surface area contributed by atoms with Crippen LogP contribution >= 0.6 is 0 Å². The van der Waals surface area contributed by atoms with Gasteiger partial charge in [-0.2, -0.15) is 15.0 Å². The predicted octanol–water partition coefficient (Wildman–Crippen LogP) is 0.786. The van der Waals surface area contributed by atoms with Crippen LogP contribution in [0.25, 0.3) is 0 Å². The third-order valence-corrected chi connectivity index (χ3v) is 4.45. The Labute approximate surface area is 117 Å². The van der Waals surface area contributed by atoms with Crippen molar-refractivity contribution in [2.45, 2.75) is 50.4 Å². The highest BCUT2D eigenvalue weighted by molar-refractivity contribution is 5.43. The molecule has 3 saturated heterocycles. The van der Waals surface area contributed by atoms with Crippen molar-refractivity contribution in [3.8, 4) is 0 Å². The van der Waals surface area contributed by atoms with Gasteiger partial charge >= 0.3 is 0 Å². The van der Waals surface area contributed by atoms with Crippen molar-refractivity contribution >= 4 is 17.8 Å². The SMILES string of the molecule is Nc1nc(NC2CC3CCC2O3)nc(N2CCCC2)n1. The fourth-order valence-corrected chi connectivity index (χ4v) is 3.46. The molecule has 3 atom stereocenters. The van der Waals surface area contributed by atoms with Crippen LogP contribution in [-0.2, 0) is 4.74 Å². The van der Waals surface area contributed by atoms with E-state index in [2.05, 4.69) is 25.2 Å². The van der Waals surface area contributed by atoms with E-state index in [4.69, 9.17) is 10.5 Å². The van der Waals surface area contributed by atoms with Gasteiger partial charge in [0.2, 0.25) is 17.8 Å². The molecule has 1 aromatic heterocycles. The summed E-state index contributed by atoms with van der Waals surface area (Å²) in [6.45, 7) is 2.00. The largest absolute Gasteiger partial charge is 0.373 e. The topological polar surface area (TPSA) is 89.2 Å². The number of rotatable bonds is 3. The van der Waals surface area contributed by atoms with Gasteiger partial charge in [-0.05, 0) is 32.1 Å². The van der Waals surface area contributed by atoms with E-state index >= 15 is 0 Å². The fraction of sp³-hybridized carbons (Fsp3) is 0.769. The molecule has 1 aromatic rings. The lowest BCUT2D eigenvalue weighted by Gasteiger charge is -2.21. The van der Waals surface area contributed by atoms with Crippen molar-refractivity contribution in [3.63, 3.8) is 0 Å². The molecule has 108 valence electrons. The number of nitrogens with one attached hydrogen (secondary N) is 1. The highest BCUT2D eigenvalue weighted by Gasteiger charge is 2.41. The van der Waals surface area contributed by atoms with E-state index in [1.165, 1.54) is 19.3 Å². The first-order valence-electron chi connectivity index (χ1n) is 7.46. The summed E-state index contributed by atoms with van der Waals surface area (Å²) in [6.07, 6.45) is 6.43. The fourth-order valence-electron chi connectivity index (χ4n) is 3.46. The predicted molar refractivity (Wildman–Crippen MR) is 75.6 cm³/mol. The van der Waals surface area contributed by atoms with Gasteiger partial charge in [-0.1, -0.05) is 0 Å². The summed E-state index contributed by atoms with van der Waals surface area (Å²) in [5.41, 5.74) is 5.82. The Kier molecular flexibility index (Phi) is 2.87. The minimum Gasteiger partial charge on any atom is -0.373 e. The smallest absolute Gasteiger partial charge is 0.231 e. The molecule has 3 N–H and O–H groups in total. The molecule has 2 bridgehead atoms. The first-order valence-corrected chi connectivity index (χ1v) is 7.46. The Bertz CT molecular complexity index is 504. The van der Waals surface area contributed by atoms with E-state index in [0.29, 0.717) is 30.1 Å². The Morgan fingerprint density at radius 1 is 1.15 bits per heavy atom. The zero-order valence-electron chi connectivity index (χ0n) is 11.5. The van der Waals surface area contributed by atoms with Crippen LogP contribution in [0.1, 0.15) is 32.1 Å². The quantitative estimate of drug-likeness (QED) is 0.843. The van der Waals surface area contributed by atoms with Crippen LogP contribution in [0, 0.1) is 0 Å². The van der Waals surface area contributed by atoms with Crippen LogP contribution < -0.4 is 16.0 Å². The third kappa shape index (κ3) is 2.15. The van der Waals surface area contributed by atoms with E-state index in [1.807, 2.05) is 0 Å². The average molecular weight is 276 g/mol. The van der Waals surface area contributed by atoms with Crippen molar-refractivity contribution in [1.29, 1.82) is 0 Å². The maximum atomic E-state index is 5.84. The molecule has 0 saturated carbocycles. The third-order valence-electron chi connectivity index (χ3n) is 4.45. The molecule has 4 rings (SSSR count). The van der Waals surface area contributed by atoms with Gasteiger partial charge in [-0.25, -0.2) is 0 Å². The van der Waals surface area contributed by atoms with E-state index in [0.717, 1.165) is 25.9 Å². The molecule has 20 heavy (non-hydrogen) atoms. The number of nitrogens with zero attached hydrogens (tertiary/aromatic N) is 4. The van der Waals surface area contributed by atoms with Crippen molar-refractivity contribution in [2.75, 3.05) is 29.0 Å². The summed E-state index contributed by atoms with van der Waals surface area (Å²) in [5.74, 6) is 1.57. The van der Waals surface area contributed by atoms with Gasteiger partial charge in [0.1, 0.15) is 0 Å². The van der Waals surface area contributed by atoms with Crippen LogP contribution in [-0.4, -0.2) is 46.3 Å². The summed E-state index contributed by atoms with van der Waals surface area (Å²) >= 11 is 0. The molecule has 7 nitrogen and oxygen atoms in total. The second-order valence-corrected chi connectivity index (χ2v) is 5.87. The molecule has 7 heteroatoms. The average Bonchev–Trinajstić information content (AvgIpc) is 3.16. The molecule has 3 aliphatic rings. The highest BCUT2D eigenvalue weighted by Crippen LogP contribution is 2.35. The molecule has 0 spiro atoms. The summed E-state index contributed by atoms with van der Waals surface area (Å²) in [7, 11) is 0. The van der Waals surface area contributed by atoms with E-state index in [9.17, 15) is 0 Å². The number of nitrogen functional groups attached to an aromatic ring is 1. The van der Waals surface area contributed by atoms with Gasteiger partial charge in [0.15, 0.2) is 0 Å². The van der Waals surface area contributed by atoms with Crippen molar-refractivity contribution in [1.82, 2.24) is 15.0 Å². The molecular formula is C13H20N6O. The monoisotopic (exact) mass is 276 g/mol. The maximum Gasteiger partial charge on any atom is 0.231 e. The minimum atomic E-state index is 0.286. The molecule has 3 fully saturated rings. The molecule has 4 heterocycles. The number of hydrogen-bond acceptors (Lipinski definition) is 7. The Morgan fingerprint density at radius 2 is 2.00 bits per heavy atom. The van der Waals surface area contributed by atoms with Crippen LogP contribution in [0.15, 0.2) is 0 Å². The van der Waals surface area contributed by atoms with Gasteiger partial charge in [-0.15, -0.1) is 0 Å². The molecule has 0 radical (unpaired) electrons. The number of hydrogen-bond donors (Lipinski definition) is 2. The van der Waals surface area contributed by atoms with E-state index in [1.54, 1.807) is 0 Å².